The number of aromatic nitrogens is 1. The number of hydrogen-bond acceptors (Lipinski definition) is 6. The van der Waals surface area contributed by atoms with Gasteiger partial charge in [-0.2, -0.15) is 0 Å². The number of carbonyl (C=O) groups excluding carboxylic acids is 3. The number of methoxy groups -OCH3 is 1. The van der Waals surface area contributed by atoms with Gasteiger partial charge in [0.15, 0.2) is 0 Å². The van der Waals surface area contributed by atoms with E-state index in [0.717, 1.165) is 0 Å². The smallest absolute Gasteiger partial charge is 0.337 e. The Morgan fingerprint density at radius 2 is 1.79 bits per heavy atom. The topological polar surface area (TPSA) is 111 Å². The minimum atomic E-state index is -0.510. The summed E-state index contributed by atoms with van der Waals surface area (Å²) in [5.41, 5.74) is 2.59. The van der Waals surface area contributed by atoms with Gasteiger partial charge >= 0.3 is 5.97 Å². The van der Waals surface area contributed by atoms with Crippen molar-refractivity contribution in [2.24, 2.45) is 5.92 Å². The van der Waals surface area contributed by atoms with Crippen molar-refractivity contribution in [1.29, 1.82) is 0 Å². The van der Waals surface area contributed by atoms with Gasteiger partial charge in [-0.3, -0.25) is 9.59 Å². The van der Waals surface area contributed by atoms with Crippen LogP contribution < -0.4 is 10.6 Å². The van der Waals surface area contributed by atoms with E-state index in [1.807, 2.05) is 26.0 Å². The van der Waals surface area contributed by atoms with Crippen LogP contribution in [0.4, 0.5) is 5.69 Å². The second-order valence-corrected chi connectivity index (χ2v) is 8.00. The van der Waals surface area contributed by atoms with E-state index in [2.05, 4.69) is 15.6 Å². The van der Waals surface area contributed by atoms with Crippen molar-refractivity contribution in [2.45, 2.75) is 33.7 Å². The van der Waals surface area contributed by atoms with Gasteiger partial charge in [0.25, 0.3) is 5.91 Å². The molecule has 172 valence electrons. The van der Waals surface area contributed by atoms with Gasteiger partial charge in [0.2, 0.25) is 11.8 Å². The third-order valence-electron chi connectivity index (χ3n) is 4.84. The minimum absolute atomic E-state index is 0.0506. The van der Waals surface area contributed by atoms with Crippen molar-refractivity contribution < 1.29 is 23.5 Å². The predicted molar refractivity (Wildman–Crippen MR) is 124 cm³/mol. The Hall–Kier alpha value is -3.94. The number of hydrogen-bond donors (Lipinski definition) is 2. The van der Waals surface area contributed by atoms with Crippen molar-refractivity contribution in [2.75, 3.05) is 12.4 Å². The maximum absolute atomic E-state index is 12.5. The van der Waals surface area contributed by atoms with E-state index >= 15 is 0 Å². The second-order valence-electron chi connectivity index (χ2n) is 8.00. The molecule has 1 heterocycles. The summed E-state index contributed by atoms with van der Waals surface area (Å²) in [5.74, 6) is 0.324. The molecule has 0 saturated carbocycles. The number of rotatable bonds is 8. The molecule has 3 aromatic rings. The molecule has 0 atom stereocenters. The van der Waals surface area contributed by atoms with Crippen LogP contribution in [0.5, 0.6) is 0 Å². The van der Waals surface area contributed by atoms with Gasteiger partial charge in [0, 0.05) is 23.2 Å². The number of benzene rings is 2. The summed E-state index contributed by atoms with van der Waals surface area (Å²) in [7, 11) is 1.29. The van der Waals surface area contributed by atoms with Crippen LogP contribution in [0.1, 0.15) is 52.4 Å². The second kappa shape index (κ2) is 10.6. The zero-order valence-corrected chi connectivity index (χ0v) is 19.1. The Bertz CT molecular complexity index is 1170. The summed E-state index contributed by atoms with van der Waals surface area (Å²) < 4.78 is 10.5. The summed E-state index contributed by atoms with van der Waals surface area (Å²) in [4.78, 5) is 40.8. The Morgan fingerprint density at radius 1 is 1.06 bits per heavy atom. The van der Waals surface area contributed by atoms with Crippen LogP contribution in [0.25, 0.3) is 11.5 Å². The van der Waals surface area contributed by atoms with E-state index in [-0.39, 0.29) is 24.3 Å². The van der Waals surface area contributed by atoms with Crippen LogP contribution in [0.3, 0.4) is 0 Å². The van der Waals surface area contributed by atoms with Crippen molar-refractivity contribution in [3.05, 3.63) is 71.1 Å². The fourth-order valence-electron chi connectivity index (χ4n) is 3.20. The highest BCUT2D eigenvalue weighted by atomic mass is 16.5. The van der Waals surface area contributed by atoms with Crippen molar-refractivity contribution in [1.82, 2.24) is 10.3 Å². The number of ether oxygens (including phenoxy) is 1. The molecule has 2 aromatic carbocycles. The Morgan fingerprint density at radius 3 is 2.52 bits per heavy atom. The van der Waals surface area contributed by atoms with Crippen molar-refractivity contribution in [3.8, 4) is 11.5 Å². The lowest BCUT2D eigenvalue weighted by Gasteiger charge is -2.07. The first kappa shape index (κ1) is 23.7. The molecule has 8 heteroatoms. The number of esters is 1. The number of aryl methyl sites for hydroxylation is 1. The predicted octanol–water partition coefficient (Wildman–Crippen LogP) is 4.35. The summed E-state index contributed by atoms with van der Waals surface area (Å²) >= 11 is 0. The van der Waals surface area contributed by atoms with E-state index in [1.54, 1.807) is 37.3 Å². The highest BCUT2D eigenvalue weighted by Gasteiger charge is 2.15. The van der Waals surface area contributed by atoms with Crippen LogP contribution in [0, 0.1) is 12.8 Å². The van der Waals surface area contributed by atoms with E-state index < -0.39 is 5.97 Å². The van der Waals surface area contributed by atoms with Crippen LogP contribution in [-0.4, -0.2) is 29.9 Å². The summed E-state index contributed by atoms with van der Waals surface area (Å²) in [6.45, 7) is 5.90. The lowest BCUT2D eigenvalue weighted by Crippen LogP contribution is -2.23. The molecule has 33 heavy (non-hydrogen) atoms. The molecule has 3 rings (SSSR count). The highest BCUT2D eigenvalue weighted by Crippen LogP contribution is 2.24. The molecule has 2 N–H and O–H groups in total. The normalized spacial score (nSPS) is 10.7. The lowest BCUT2D eigenvalue weighted by molar-refractivity contribution is -0.116. The molecule has 0 aliphatic rings. The zero-order valence-electron chi connectivity index (χ0n) is 19.1. The molecule has 0 unspecified atom stereocenters. The first-order valence-electron chi connectivity index (χ1n) is 10.6. The Labute approximate surface area is 192 Å². The average Bonchev–Trinajstić information content (AvgIpc) is 3.17. The van der Waals surface area contributed by atoms with E-state index in [1.165, 1.54) is 13.2 Å². The maximum atomic E-state index is 12.5. The maximum Gasteiger partial charge on any atom is 0.337 e. The molecule has 0 aliphatic carbocycles. The fourth-order valence-corrected chi connectivity index (χ4v) is 3.20. The van der Waals surface area contributed by atoms with Crippen molar-refractivity contribution in [3.63, 3.8) is 0 Å². The van der Waals surface area contributed by atoms with Crippen LogP contribution in [0.2, 0.25) is 0 Å². The van der Waals surface area contributed by atoms with E-state index in [4.69, 9.17) is 9.15 Å². The standard InChI is InChI=1S/C25H27N3O5/c1-15(2)11-22(29)27-20-10-6-8-18(13-20)24-28-21(16(3)33-24)14-26-23(30)17-7-5-9-19(12-17)25(31)32-4/h5-10,12-13,15H,11,14H2,1-4H3,(H,26,30)(H,27,29). The molecule has 0 spiro atoms. The lowest BCUT2D eigenvalue weighted by atomic mass is 10.1. The number of amides is 2. The molecule has 0 aliphatic heterocycles. The summed E-state index contributed by atoms with van der Waals surface area (Å²) in [6.07, 6.45) is 0.439. The molecular formula is C25H27N3O5. The highest BCUT2D eigenvalue weighted by molar-refractivity contribution is 5.97. The SMILES string of the molecule is COC(=O)c1cccc(C(=O)NCc2nc(-c3cccc(NC(=O)CC(C)C)c3)oc2C)c1. The van der Waals surface area contributed by atoms with Crippen LogP contribution in [0.15, 0.2) is 52.9 Å². The van der Waals surface area contributed by atoms with Gasteiger partial charge in [-0.05, 0) is 49.2 Å². The summed E-state index contributed by atoms with van der Waals surface area (Å²) in [6, 6.07) is 13.5. The first-order chi connectivity index (χ1) is 15.8. The van der Waals surface area contributed by atoms with Gasteiger partial charge < -0.3 is 19.8 Å². The van der Waals surface area contributed by atoms with E-state index in [0.29, 0.717) is 46.1 Å². The molecule has 0 radical (unpaired) electrons. The van der Waals surface area contributed by atoms with Crippen LogP contribution >= 0.6 is 0 Å². The van der Waals surface area contributed by atoms with E-state index in [9.17, 15) is 14.4 Å². The quantitative estimate of drug-likeness (QED) is 0.495. The van der Waals surface area contributed by atoms with Gasteiger partial charge in [0.1, 0.15) is 11.5 Å². The third-order valence-corrected chi connectivity index (χ3v) is 4.84. The van der Waals surface area contributed by atoms with Crippen molar-refractivity contribution >= 4 is 23.5 Å². The molecule has 0 fully saturated rings. The third kappa shape index (κ3) is 6.29. The zero-order chi connectivity index (χ0) is 24.0. The largest absolute Gasteiger partial charge is 0.465 e. The van der Waals surface area contributed by atoms with Gasteiger partial charge in [-0.1, -0.05) is 26.0 Å². The minimum Gasteiger partial charge on any atom is -0.465 e. The Kier molecular flexibility index (Phi) is 7.61. The number of nitrogens with one attached hydrogen (secondary N) is 2. The number of nitrogens with zero attached hydrogens (tertiary/aromatic N) is 1. The first-order valence-corrected chi connectivity index (χ1v) is 10.6. The van der Waals surface area contributed by atoms with Gasteiger partial charge in [-0.25, -0.2) is 9.78 Å². The molecule has 8 nitrogen and oxygen atoms in total. The average molecular weight is 450 g/mol. The number of anilines is 1. The monoisotopic (exact) mass is 449 g/mol. The van der Waals surface area contributed by atoms with Crippen LogP contribution in [-0.2, 0) is 16.1 Å². The molecule has 1 aromatic heterocycles. The molecule has 2 amide bonds. The molecule has 0 saturated heterocycles. The van der Waals surface area contributed by atoms with Gasteiger partial charge in [0.05, 0.1) is 19.2 Å². The fraction of sp³-hybridized carbons (Fsp3) is 0.280. The molecule has 0 bridgehead atoms. The molecular weight excluding hydrogens is 422 g/mol. The van der Waals surface area contributed by atoms with Gasteiger partial charge in [-0.15, -0.1) is 0 Å². The Balaban J connectivity index is 1.69. The number of oxazole rings is 1. The number of carbonyl (C=O) groups is 3. The summed E-state index contributed by atoms with van der Waals surface area (Å²) in [5, 5.41) is 5.67.